The van der Waals surface area contributed by atoms with Crippen molar-refractivity contribution < 1.29 is 13.9 Å². The lowest BCUT2D eigenvalue weighted by Gasteiger charge is -2.15. The van der Waals surface area contributed by atoms with Crippen molar-refractivity contribution in [3.63, 3.8) is 0 Å². The summed E-state index contributed by atoms with van der Waals surface area (Å²) in [4.78, 5) is 12.6. The molecule has 0 radical (unpaired) electrons. The average Bonchev–Trinajstić information content (AvgIpc) is 2.80. The van der Waals surface area contributed by atoms with E-state index in [-0.39, 0.29) is 5.91 Å². The lowest BCUT2D eigenvalue weighted by Crippen LogP contribution is -2.33. The third kappa shape index (κ3) is 4.55. The highest BCUT2D eigenvalue weighted by molar-refractivity contribution is 5.97. The van der Waals surface area contributed by atoms with E-state index in [0.29, 0.717) is 12.6 Å². The Balaban J connectivity index is 1.87. The zero-order valence-electron chi connectivity index (χ0n) is 17.0. The molecule has 0 saturated heterocycles. The molecule has 1 N–H and O–H groups in total. The maximum absolute atomic E-state index is 12.6. The molecule has 1 amide bonds. The summed E-state index contributed by atoms with van der Waals surface area (Å²) in [5.74, 6) is 1.66. The van der Waals surface area contributed by atoms with Crippen LogP contribution in [0.2, 0.25) is 0 Å². The Hall–Kier alpha value is -2.23. The number of aryl methyl sites for hydroxylation is 2. The smallest absolute Gasteiger partial charge is 0.244 e. The van der Waals surface area contributed by atoms with Crippen LogP contribution in [0.25, 0.3) is 16.5 Å². The molecule has 1 aromatic carbocycles. The molecule has 1 fully saturated rings. The summed E-state index contributed by atoms with van der Waals surface area (Å²) in [6, 6.07) is 4.32. The molecule has 1 aliphatic carbocycles. The predicted octanol–water partition coefficient (Wildman–Crippen LogP) is 5.69. The first kappa shape index (κ1) is 19.5. The summed E-state index contributed by atoms with van der Waals surface area (Å²) in [7, 11) is 0. The number of rotatable bonds is 5. The third-order valence-electron chi connectivity index (χ3n) is 5.55. The lowest BCUT2D eigenvalue weighted by molar-refractivity contribution is -0.117. The zero-order valence-corrected chi connectivity index (χ0v) is 17.0. The summed E-state index contributed by atoms with van der Waals surface area (Å²) < 4.78 is 11.7. The van der Waals surface area contributed by atoms with Gasteiger partial charge in [-0.15, -0.1) is 0 Å². The van der Waals surface area contributed by atoms with Crippen LogP contribution in [0.15, 0.2) is 22.6 Å². The van der Waals surface area contributed by atoms with Gasteiger partial charge in [-0.2, -0.15) is 0 Å². The molecular weight excluding hydrogens is 338 g/mol. The quantitative estimate of drug-likeness (QED) is 0.544. The largest absolute Gasteiger partial charge is 0.493 e. The van der Waals surface area contributed by atoms with Gasteiger partial charge < -0.3 is 14.5 Å². The minimum Gasteiger partial charge on any atom is -0.493 e. The second kappa shape index (κ2) is 8.64. The molecule has 4 nitrogen and oxygen atoms in total. The van der Waals surface area contributed by atoms with Gasteiger partial charge in [0.05, 0.1) is 6.61 Å². The van der Waals surface area contributed by atoms with Gasteiger partial charge in [-0.05, 0) is 57.7 Å². The van der Waals surface area contributed by atoms with Crippen molar-refractivity contribution in [2.45, 2.75) is 72.3 Å². The number of amides is 1. The fourth-order valence-corrected chi connectivity index (χ4v) is 3.89. The molecule has 0 unspecified atom stereocenters. The van der Waals surface area contributed by atoms with E-state index >= 15 is 0 Å². The van der Waals surface area contributed by atoms with Gasteiger partial charge in [-0.25, -0.2) is 0 Å². The molecule has 0 aliphatic heterocycles. The van der Waals surface area contributed by atoms with Gasteiger partial charge >= 0.3 is 0 Å². The fraction of sp³-hybridized carbons (Fsp3) is 0.522. The maximum Gasteiger partial charge on any atom is 0.244 e. The summed E-state index contributed by atoms with van der Waals surface area (Å²) in [5.41, 5.74) is 3.81. The molecule has 1 heterocycles. The van der Waals surface area contributed by atoms with E-state index in [1.807, 2.05) is 26.8 Å². The number of benzene rings is 1. The van der Waals surface area contributed by atoms with Crippen molar-refractivity contribution in [3.05, 3.63) is 35.1 Å². The molecule has 0 bridgehead atoms. The normalized spacial score (nSPS) is 16.4. The van der Waals surface area contributed by atoms with Gasteiger partial charge in [0.2, 0.25) is 5.91 Å². The number of carbonyl (C=O) groups is 1. The van der Waals surface area contributed by atoms with Crippen LogP contribution in [0.5, 0.6) is 5.75 Å². The van der Waals surface area contributed by atoms with Crippen molar-refractivity contribution in [3.8, 4) is 5.75 Å². The number of hydrogen-bond donors (Lipinski definition) is 1. The van der Waals surface area contributed by atoms with E-state index in [1.165, 1.54) is 25.7 Å². The van der Waals surface area contributed by atoms with Crippen LogP contribution in [-0.4, -0.2) is 18.6 Å². The lowest BCUT2D eigenvalue weighted by atomic mass is 10.0. The van der Waals surface area contributed by atoms with Gasteiger partial charge in [0, 0.05) is 29.1 Å². The van der Waals surface area contributed by atoms with E-state index in [4.69, 9.17) is 9.15 Å². The van der Waals surface area contributed by atoms with E-state index in [1.54, 1.807) is 6.08 Å². The Labute approximate surface area is 162 Å². The number of fused-ring (bicyclic) bond motifs is 1. The van der Waals surface area contributed by atoms with Crippen molar-refractivity contribution >= 4 is 22.4 Å². The molecule has 0 spiro atoms. The molecular formula is C23H31NO3. The van der Waals surface area contributed by atoms with Gasteiger partial charge in [0.15, 0.2) is 0 Å². The van der Waals surface area contributed by atoms with E-state index in [9.17, 15) is 4.79 Å². The van der Waals surface area contributed by atoms with Crippen molar-refractivity contribution in [1.82, 2.24) is 5.32 Å². The zero-order chi connectivity index (χ0) is 19.4. The predicted molar refractivity (Wildman–Crippen MR) is 110 cm³/mol. The SMILES string of the molecule is CCOc1cc2oc(C)c(C)c2cc1/C(C)=C/C(=O)NC1CCCCCC1. The maximum atomic E-state index is 12.6. The number of hydrogen-bond acceptors (Lipinski definition) is 3. The first-order valence-corrected chi connectivity index (χ1v) is 10.1. The fourth-order valence-electron chi connectivity index (χ4n) is 3.89. The minimum atomic E-state index is -0.0120. The standard InChI is InChI=1S/C23H31NO3/c1-5-26-21-14-22-20(16(3)17(4)27-22)13-19(21)15(2)12-23(25)24-18-10-8-6-7-9-11-18/h12-14,18H,5-11H2,1-4H3,(H,24,25)/b15-12+. The number of allylic oxidation sites excluding steroid dienone is 1. The molecule has 27 heavy (non-hydrogen) atoms. The molecule has 146 valence electrons. The summed E-state index contributed by atoms with van der Waals surface area (Å²) in [6.07, 6.45) is 8.85. The Morgan fingerprint density at radius 2 is 1.93 bits per heavy atom. The van der Waals surface area contributed by atoms with Gasteiger partial charge in [-0.3, -0.25) is 4.79 Å². The van der Waals surface area contributed by atoms with E-state index < -0.39 is 0 Å². The van der Waals surface area contributed by atoms with E-state index in [0.717, 1.165) is 52.0 Å². The molecule has 2 aromatic rings. The molecule has 4 heteroatoms. The van der Waals surface area contributed by atoms with Gasteiger partial charge in [0.1, 0.15) is 17.1 Å². The number of furan rings is 1. The number of ether oxygens (including phenoxy) is 1. The molecule has 1 aliphatic rings. The Bertz CT molecular complexity index is 839. The summed E-state index contributed by atoms with van der Waals surface area (Å²) in [5, 5.41) is 4.26. The second-order valence-electron chi connectivity index (χ2n) is 7.59. The molecule has 3 rings (SSSR count). The van der Waals surface area contributed by atoms with Crippen LogP contribution in [0.1, 0.15) is 69.3 Å². The molecule has 1 aromatic heterocycles. The topological polar surface area (TPSA) is 51.5 Å². The highest BCUT2D eigenvalue weighted by Gasteiger charge is 2.16. The number of nitrogens with one attached hydrogen (secondary N) is 1. The Kier molecular flexibility index (Phi) is 6.25. The van der Waals surface area contributed by atoms with Crippen molar-refractivity contribution in [2.24, 2.45) is 0 Å². The Morgan fingerprint density at radius 3 is 2.59 bits per heavy atom. The van der Waals surface area contributed by atoms with Crippen LogP contribution >= 0.6 is 0 Å². The van der Waals surface area contributed by atoms with Crippen LogP contribution in [0.4, 0.5) is 0 Å². The summed E-state index contributed by atoms with van der Waals surface area (Å²) in [6.45, 7) is 8.53. The first-order valence-electron chi connectivity index (χ1n) is 10.1. The van der Waals surface area contributed by atoms with Crippen molar-refractivity contribution in [2.75, 3.05) is 6.61 Å². The van der Waals surface area contributed by atoms with Gasteiger partial charge in [0.25, 0.3) is 0 Å². The van der Waals surface area contributed by atoms with Crippen LogP contribution in [-0.2, 0) is 4.79 Å². The number of carbonyl (C=O) groups excluding carboxylic acids is 1. The van der Waals surface area contributed by atoms with Gasteiger partial charge in [-0.1, -0.05) is 25.7 Å². The summed E-state index contributed by atoms with van der Waals surface area (Å²) >= 11 is 0. The van der Waals surface area contributed by atoms with Crippen LogP contribution in [0.3, 0.4) is 0 Å². The Morgan fingerprint density at radius 1 is 1.22 bits per heavy atom. The van der Waals surface area contributed by atoms with Crippen LogP contribution < -0.4 is 10.1 Å². The minimum absolute atomic E-state index is 0.0120. The highest BCUT2D eigenvalue weighted by Crippen LogP contribution is 2.35. The third-order valence-corrected chi connectivity index (χ3v) is 5.55. The van der Waals surface area contributed by atoms with E-state index in [2.05, 4.69) is 18.3 Å². The molecule has 1 saturated carbocycles. The second-order valence-corrected chi connectivity index (χ2v) is 7.59. The first-order chi connectivity index (χ1) is 13.0. The van der Waals surface area contributed by atoms with Crippen molar-refractivity contribution in [1.29, 1.82) is 0 Å². The highest BCUT2D eigenvalue weighted by atomic mass is 16.5. The molecule has 0 atom stereocenters. The monoisotopic (exact) mass is 369 g/mol. The average molecular weight is 370 g/mol. The van der Waals surface area contributed by atoms with Crippen LogP contribution in [0, 0.1) is 13.8 Å².